The van der Waals surface area contributed by atoms with Crippen LogP contribution in [0.25, 0.3) is 0 Å². The first-order valence-electron chi connectivity index (χ1n) is 6.25. The number of methoxy groups -OCH3 is 1. The molecule has 1 aliphatic rings. The van der Waals surface area contributed by atoms with Crippen LogP contribution in [0.4, 0.5) is 5.69 Å². The van der Waals surface area contributed by atoms with Crippen LogP contribution in [0.1, 0.15) is 31.2 Å². The Hall–Kier alpha value is -0.730. The molecule has 0 saturated heterocycles. The lowest BCUT2D eigenvalue weighted by Gasteiger charge is -2.29. The summed E-state index contributed by atoms with van der Waals surface area (Å²) in [5, 5.41) is 4.43. The van der Waals surface area contributed by atoms with E-state index in [1.807, 2.05) is 12.1 Å². The molecule has 17 heavy (non-hydrogen) atoms. The fourth-order valence-electron chi connectivity index (χ4n) is 2.43. The molecule has 0 radical (unpaired) electrons. The van der Waals surface area contributed by atoms with Crippen molar-refractivity contribution in [1.29, 1.82) is 0 Å². The number of hydrogen-bond acceptors (Lipinski definition) is 2. The highest BCUT2D eigenvalue weighted by Gasteiger charge is 2.20. The Morgan fingerprint density at radius 1 is 1.24 bits per heavy atom. The van der Waals surface area contributed by atoms with Crippen molar-refractivity contribution in [3.8, 4) is 0 Å². The van der Waals surface area contributed by atoms with Gasteiger partial charge in [0.05, 0.1) is 6.10 Å². The maximum absolute atomic E-state index is 6.12. The highest BCUT2D eigenvalue weighted by molar-refractivity contribution is 6.31. The third-order valence-corrected chi connectivity index (χ3v) is 4.04. The van der Waals surface area contributed by atoms with Gasteiger partial charge in [0, 0.05) is 23.9 Å². The molecule has 1 aromatic rings. The summed E-state index contributed by atoms with van der Waals surface area (Å²) in [4.78, 5) is 0. The molecular formula is C14H20ClNO. The van der Waals surface area contributed by atoms with Crippen LogP contribution in [-0.2, 0) is 4.74 Å². The van der Waals surface area contributed by atoms with Crippen molar-refractivity contribution in [2.24, 2.45) is 0 Å². The summed E-state index contributed by atoms with van der Waals surface area (Å²) in [5.74, 6) is 0. The first-order chi connectivity index (χ1) is 8.20. The molecule has 1 aliphatic carbocycles. The van der Waals surface area contributed by atoms with Gasteiger partial charge in [0.25, 0.3) is 0 Å². The Kier molecular flexibility index (Phi) is 4.30. The van der Waals surface area contributed by atoms with Crippen molar-refractivity contribution in [1.82, 2.24) is 0 Å². The quantitative estimate of drug-likeness (QED) is 0.879. The van der Waals surface area contributed by atoms with Gasteiger partial charge >= 0.3 is 0 Å². The minimum absolute atomic E-state index is 0.452. The summed E-state index contributed by atoms with van der Waals surface area (Å²) in [7, 11) is 1.81. The summed E-state index contributed by atoms with van der Waals surface area (Å²) >= 11 is 6.12. The molecular weight excluding hydrogens is 234 g/mol. The second-order valence-corrected chi connectivity index (χ2v) is 5.17. The van der Waals surface area contributed by atoms with Crippen LogP contribution in [0.3, 0.4) is 0 Å². The zero-order valence-electron chi connectivity index (χ0n) is 10.5. The zero-order chi connectivity index (χ0) is 12.3. The molecule has 2 nitrogen and oxygen atoms in total. The monoisotopic (exact) mass is 253 g/mol. The largest absolute Gasteiger partial charge is 0.382 e. The lowest BCUT2D eigenvalue weighted by Crippen LogP contribution is -2.29. The topological polar surface area (TPSA) is 21.3 Å². The standard InChI is InChI=1S/C14H20ClNO/c1-10-13(15)4-3-5-14(10)16-11-6-8-12(17-2)9-7-11/h3-5,11-12,16H,6-9H2,1-2H3. The zero-order valence-corrected chi connectivity index (χ0v) is 11.3. The lowest BCUT2D eigenvalue weighted by molar-refractivity contribution is 0.0682. The number of anilines is 1. The molecule has 1 saturated carbocycles. The third kappa shape index (κ3) is 3.14. The predicted octanol–water partition coefficient (Wildman–Crippen LogP) is 4.02. The van der Waals surface area contributed by atoms with E-state index >= 15 is 0 Å². The van der Waals surface area contributed by atoms with E-state index in [0.29, 0.717) is 12.1 Å². The maximum Gasteiger partial charge on any atom is 0.0572 e. The smallest absolute Gasteiger partial charge is 0.0572 e. The number of hydrogen-bond donors (Lipinski definition) is 1. The second kappa shape index (κ2) is 5.74. The Balaban J connectivity index is 1.95. The van der Waals surface area contributed by atoms with E-state index in [2.05, 4.69) is 18.3 Å². The van der Waals surface area contributed by atoms with Crippen LogP contribution in [-0.4, -0.2) is 19.3 Å². The molecule has 2 rings (SSSR count). The molecule has 3 heteroatoms. The van der Waals surface area contributed by atoms with Crippen LogP contribution in [0.2, 0.25) is 5.02 Å². The van der Waals surface area contributed by atoms with Gasteiger partial charge < -0.3 is 10.1 Å². The van der Waals surface area contributed by atoms with E-state index in [0.717, 1.165) is 23.4 Å². The van der Waals surface area contributed by atoms with Crippen molar-refractivity contribution in [3.05, 3.63) is 28.8 Å². The molecule has 94 valence electrons. The number of ether oxygens (including phenoxy) is 1. The van der Waals surface area contributed by atoms with Gasteiger partial charge in [-0.2, -0.15) is 0 Å². The van der Waals surface area contributed by atoms with Crippen LogP contribution >= 0.6 is 11.6 Å². The molecule has 0 spiro atoms. The SMILES string of the molecule is COC1CCC(Nc2cccc(Cl)c2C)CC1. The van der Waals surface area contributed by atoms with Crippen molar-refractivity contribution >= 4 is 17.3 Å². The van der Waals surface area contributed by atoms with Gasteiger partial charge in [-0.1, -0.05) is 17.7 Å². The third-order valence-electron chi connectivity index (χ3n) is 3.63. The molecule has 0 aliphatic heterocycles. The van der Waals surface area contributed by atoms with Crippen molar-refractivity contribution in [2.45, 2.75) is 44.8 Å². The first-order valence-corrected chi connectivity index (χ1v) is 6.63. The van der Waals surface area contributed by atoms with Gasteiger partial charge in [-0.15, -0.1) is 0 Å². The minimum atomic E-state index is 0.452. The van der Waals surface area contributed by atoms with E-state index in [1.165, 1.54) is 18.5 Å². The van der Waals surface area contributed by atoms with Crippen molar-refractivity contribution in [3.63, 3.8) is 0 Å². The average Bonchev–Trinajstić information content (AvgIpc) is 2.36. The van der Waals surface area contributed by atoms with Crippen LogP contribution in [0.5, 0.6) is 0 Å². The van der Waals surface area contributed by atoms with Gasteiger partial charge in [0.15, 0.2) is 0 Å². The maximum atomic E-state index is 6.12. The highest BCUT2D eigenvalue weighted by atomic mass is 35.5. The number of rotatable bonds is 3. The summed E-state index contributed by atoms with van der Waals surface area (Å²) in [6, 6.07) is 6.59. The van der Waals surface area contributed by atoms with E-state index in [-0.39, 0.29) is 0 Å². The van der Waals surface area contributed by atoms with Crippen molar-refractivity contribution in [2.75, 3.05) is 12.4 Å². The van der Waals surface area contributed by atoms with E-state index < -0.39 is 0 Å². The Labute approximate surface area is 108 Å². The summed E-state index contributed by atoms with van der Waals surface area (Å²) in [6.45, 7) is 2.06. The van der Waals surface area contributed by atoms with Gasteiger partial charge in [-0.25, -0.2) is 0 Å². The van der Waals surface area contributed by atoms with E-state index in [9.17, 15) is 0 Å². The average molecular weight is 254 g/mol. The van der Waals surface area contributed by atoms with Crippen LogP contribution in [0, 0.1) is 6.92 Å². The fraction of sp³-hybridized carbons (Fsp3) is 0.571. The molecule has 1 fully saturated rings. The summed E-state index contributed by atoms with van der Waals surface area (Å²) < 4.78 is 5.38. The van der Waals surface area contributed by atoms with Gasteiger partial charge in [-0.05, 0) is 50.3 Å². The Bertz CT molecular complexity index is 372. The normalized spacial score (nSPS) is 24.6. The first kappa shape index (κ1) is 12.7. The lowest BCUT2D eigenvalue weighted by atomic mass is 9.92. The number of nitrogens with one attached hydrogen (secondary N) is 1. The Morgan fingerprint density at radius 2 is 1.94 bits per heavy atom. The summed E-state index contributed by atoms with van der Waals surface area (Å²) in [5.41, 5.74) is 2.31. The second-order valence-electron chi connectivity index (χ2n) is 4.77. The molecule has 0 unspecified atom stereocenters. The van der Waals surface area contributed by atoms with Crippen LogP contribution < -0.4 is 5.32 Å². The molecule has 0 atom stereocenters. The Morgan fingerprint density at radius 3 is 2.59 bits per heavy atom. The van der Waals surface area contributed by atoms with Gasteiger partial charge in [0.2, 0.25) is 0 Å². The molecule has 0 aromatic heterocycles. The molecule has 0 amide bonds. The van der Waals surface area contributed by atoms with Crippen molar-refractivity contribution < 1.29 is 4.74 Å². The van der Waals surface area contributed by atoms with Gasteiger partial charge in [-0.3, -0.25) is 0 Å². The number of benzene rings is 1. The van der Waals surface area contributed by atoms with E-state index in [4.69, 9.17) is 16.3 Å². The summed E-state index contributed by atoms with van der Waals surface area (Å²) in [6.07, 6.45) is 5.09. The van der Waals surface area contributed by atoms with E-state index in [1.54, 1.807) is 7.11 Å². The molecule has 0 heterocycles. The molecule has 0 bridgehead atoms. The minimum Gasteiger partial charge on any atom is -0.382 e. The van der Waals surface area contributed by atoms with Gasteiger partial charge in [0.1, 0.15) is 0 Å². The predicted molar refractivity (Wildman–Crippen MR) is 72.9 cm³/mol. The number of halogens is 1. The fourth-order valence-corrected chi connectivity index (χ4v) is 2.60. The van der Waals surface area contributed by atoms with Crippen LogP contribution in [0.15, 0.2) is 18.2 Å². The molecule has 1 N–H and O–H groups in total. The molecule has 1 aromatic carbocycles. The highest BCUT2D eigenvalue weighted by Crippen LogP contribution is 2.27.